The Kier molecular flexibility index (Phi) is 6.73. The Balaban J connectivity index is 1.92. The molecule has 1 aromatic carbocycles. The molecule has 1 aromatic heterocycles. The third kappa shape index (κ3) is 4.60. The van der Waals surface area contributed by atoms with Gasteiger partial charge in [0.15, 0.2) is 5.82 Å². The molecule has 1 unspecified atom stereocenters. The topological polar surface area (TPSA) is 144 Å². The summed E-state index contributed by atoms with van der Waals surface area (Å²) in [5, 5.41) is 30.2. The number of dihydropyridines is 1. The van der Waals surface area contributed by atoms with Crippen molar-refractivity contribution in [2.75, 3.05) is 17.1 Å². The van der Waals surface area contributed by atoms with Crippen LogP contribution in [-0.4, -0.2) is 32.7 Å². The number of allylic oxidation sites excluding steroid dienone is 4. The quantitative estimate of drug-likeness (QED) is 0.564. The van der Waals surface area contributed by atoms with Crippen molar-refractivity contribution < 1.29 is 13.7 Å². The summed E-state index contributed by atoms with van der Waals surface area (Å²) in [5.74, 6) is -0.457. The first-order valence-electron chi connectivity index (χ1n) is 9.67. The standard InChI is InChI=1S/C21H22N6O3S/c1-4-30-19(28)7-8-31(29)27-21-15-9-14(5-6-18(15)25-26-21)20-16(10-22)12(2)24-13(3)17(20)11-23/h5-6,9,20,24H,4,7-8H2,1-3H3,(H2,25,26,27). The van der Waals surface area contributed by atoms with Crippen LogP contribution in [0.2, 0.25) is 0 Å². The summed E-state index contributed by atoms with van der Waals surface area (Å²) in [4.78, 5) is 11.5. The number of carbonyl (C=O) groups excluding carboxylic acids is 1. The van der Waals surface area contributed by atoms with Gasteiger partial charge in [0.25, 0.3) is 0 Å². The highest BCUT2D eigenvalue weighted by Crippen LogP contribution is 2.38. The van der Waals surface area contributed by atoms with Gasteiger partial charge in [-0.1, -0.05) is 6.07 Å². The number of aromatic amines is 1. The van der Waals surface area contributed by atoms with Crippen molar-refractivity contribution in [3.63, 3.8) is 0 Å². The van der Waals surface area contributed by atoms with Crippen molar-refractivity contribution in [1.29, 1.82) is 10.5 Å². The lowest BCUT2D eigenvalue weighted by Gasteiger charge is -2.26. The number of ether oxygens (including phenoxy) is 1. The molecule has 1 aliphatic heterocycles. The van der Waals surface area contributed by atoms with E-state index in [0.717, 1.165) is 5.56 Å². The summed E-state index contributed by atoms with van der Waals surface area (Å²) in [7, 11) is -1.54. The molecular formula is C21H22N6O3S. The monoisotopic (exact) mass is 438 g/mol. The number of hydrogen-bond acceptors (Lipinski definition) is 7. The van der Waals surface area contributed by atoms with Crippen LogP contribution >= 0.6 is 0 Å². The minimum atomic E-state index is -1.54. The second kappa shape index (κ2) is 9.45. The Labute approximate surface area is 182 Å². The van der Waals surface area contributed by atoms with Gasteiger partial charge in [-0.15, -0.1) is 0 Å². The summed E-state index contributed by atoms with van der Waals surface area (Å²) in [6.45, 7) is 5.60. The average Bonchev–Trinajstić information content (AvgIpc) is 3.14. The molecule has 10 heteroatoms. The average molecular weight is 439 g/mol. The van der Waals surface area contributed by atoms with E-state index in [-0.39, 0.29) is 18.8 Å². The Hall–Kier alpha value is -3.63. The highest BCUT2D eigenvalue weighted by Gasteiger charge is 2.29. The molecule has 9 nitrogen and oxygen atoms in total. The van der Waals surface area contributed by atoms with Crippen LogP contribution in [0.5, 0.6) is 0 Å². The zero-order valence-corrected chi connectivity index (χ0v) is 18.2. The SMILES string of the molecule is CCOC(=O)CCS(=O)Nc1n[nH]c2ccc(C3C(C#N)=C(C)NC(C)=C3C#N)cc12. The number of nitriles is 2. The third-order valence-electron chi connectivity index (χ3n) is 4.93. The molecule has 1 atom stereocenters. The molecule has 0 fully saturated rings. The summed E-state index contributed by atoms with van der Waals surface area (Å²) < 4.78 is 20.0. The molecule has 0 spiro atoms. The van der Waals surface area contributed by atoms with Gasteiger partial charge in [0, 0.05) is 16.8 Å². The van der Waals surface area contributed by atoms with Gasteiger partial charge in [0.1, 0.15) is 11.0 Å². The van der Waals surface area contributed by atoms with Gasteiger partial charge in [-0.05, 0) is 38.5 Å². The van der Waals surface area contributed by atoms with E-state index in [1.807, 2.05) is 12.1 Å². The van der Waals surface area contributed by atoms with Crippen molar-refractivity contribution in [2.24, 2.45) is 0 Å². The van der Waals surface area contributed by atoms with E-state index < -0.39 is 22.9 Å². The molecule has 160 valence electrons. The fourth-order valence-electron chi connectivity index (χ4n) is 3.48. The predicted octanol–water partition coefficient (Wildman–Crippen LogP) is 2.87. The number of anilines is 1. The normalized spacial score (nSPS) is 15.3. The fourth-order valence-corrected chi connectivity index (χ4v) is 4.31. The number of esters is 1. The summed E-state index contributed by atoms with van der Waals surface area (Å²) in [5.41, 5.74) is 3.81. The van der Waals surface area contributed by atoms with Crippen molar-refractivity contribution in [3.8, 4) is 12.1 Å². The fraction of sp³-hybridized carbons (Fsp3) is 0.333. The summed E-state index contributed by atoms with van der Waals surface area (Å²) >= 11 is 0. The highest BCUT2D eigenvalue weighted by molar-refractivity contribution is 7.86. The van der Waals surface area contributed by atoms with Crippen LogP contribution < -0.4 is 10.0 Å². The molecule has 3 N–H and O–H groups in total. The number of carbonyl (C=O) groups is 1. The second-order valence-corrected chi connectivity index (χ2v) is 8.25. The van der Waals surface area contributed by atoms with Crippen molar-refractivity contribution in [2.45, 2.75) is 33.1 Å². The van der Waals surface area contributed by atoms with Crippen LogP contribution in [0.25, 0.3) is 10.9 Å². The van der Waals surface area contributed by atoms with Crippen molar-refractivity contribution >= 4 is 33.7 Å². The van der Waals surface area contributed by atoms with Gasteiger partial charge in [0.05, 0.1) is 53.5 Å². The van der Waals surface area contributed by atoms with Crippen LogP contribution in [0.3, 0.4) is 0 Å². The molecule has 0 saturated carbocycles. The van der Waals surface area contributed by atoms with Crippen LogP contribution in [0.4, 0.5) is 5.82 Å². The summed E-state index contributed by atoms with van der Waals surface area (Å²) in [6.07, 6.45) is 0.0291. The van der Waals surface area contributed by atoms with E-state index in [1.165, 1.54) is 0 Å². The zero-order valence-electron chi connectivity index (χ0n) is 17.4. The number of aromatic nitrogens is 2. The minimum Gasteiger partial charge on any atom is -0.466 e. The van der Waals surface area contributed by atoms with E-state index in [4.69, 9.17) is 4.74 Å². The Morgan fingerprint density at radius 3 is 2.55 bits per heavy atom. The number of hydrogen-bond donors (Lipinski definition) is 3. The van der Waals surface area contributed by atoms with Crippen molar-refractivity contribution in [1.82, 2.24) is 15.5 Å². The Morgan fingerprint density at radius 2 is 1.94 bits per heavy atom. The number of nitrogens with one attached hydrogen (secondary N) is 3. The number of H-pyrrole nitrogens is 1. The third-order valence-corrected chi connectivity index (χ3v) is 5.92. The lowest BCUT2D eigenvalue weighted by molar-refractivity contribution is -0.142. The van der Waals surface area contributed by atoms with Crippen LogP contribution in [0.1, 0.15) is 38.7 Å². The van der Waals surface area contributed by atoms with Gasteiger partial charge < -0.3 is 10.1 Å². The minimum absolute atomic E-state index is 0.0291. The lowest BCUT2D eigenvalue weighted by Crippen LogP contribution is -2.23. The van der Waals surface area contributed by atoms with E-state index >= 15 is 0 Å². The van der Waals surface area contributed by atoms with Gasteiger partial charge in [-0.3, -0.25) is 14.6 Å². The molecule has 0 radical (unpaired) electrons. The van der Waals surface area contributed by atoms with Gasteiger partial charge in [0.2, 0.25) is 0 Å². The first-order chi connectivity index (χ1) is 14.9. The van der Waals surface area contributed by atoms with Gasteiger partial charge >= 0.3 is 5.97 Å². The number of nitrogens with zero attached hydrogens (tertiary/aromatic N) is 3. The van der Waals surface area contributed by atoms with Crippen molar-refractivity contribution in [3.05, 3.63) is 46.3 Å². The molecule has 0 bridgehead atoms. The molecule has 0 aliphatic carbocycles. The Bertz CT molecular complexity index is 1160. The number of benzene rings is 1. The molecule has 2 heterocycles. The van der Waals surface area contributed by atoms with E-state index in [0.29, 0.717) is 39.3 Å². The first kappa shape index (κ1) is 22.1. The molecule has 0 saturated heterocycles. The maximum absolute atomic E-state index is 12.4. The second-order valence-electron chi connectivity index (χ2n) is 6.94. The van der Waals surface area contributed by atoms with Crippen LogP contribution in [0, 0.1) is 22.7 Å². The maximum Gasteiger partial charge on any atom is 0.306 e. The molecule has 3 rings (SSSR count). The molecular weight excluding hydrogens is 416 g/mol. The van der Waals surface area contributed by atoms with E-state index in [2.05, 4.69) is 32.4 Å². The zero-order chi connectivity index (χ0) is 22.5. The van der Waals surface area contributed by atoms with Gasteiger partial charge in [-0.2, -0.15) is 15.6 Å². The number of rotatable bonds is 7. The molecule has 2 aromatic rings. The van der Waals surface area contributed by atoms with Crippen LogP contribution in [-0.2, 0) is 20.5 Å². The van der Waals surface area contributed by atoms with Gasteiger partial charge in [-0.25, -0.2) is 4.21 Å². The molecule has 1 aliphatic rings. The van der Waals surface area contributed by atoms with Crippen LogP contribution in [0.15, 0.2) is 40.7 Å². The molecule has 31 heavy (non-hydrogen) atoms. The summed E-state index contributed by atoms with van der Waals surface area (Å²) in [6, 6.07) is 9.90. The largest absolute Gasteiger partial charge is 0.466 e. The number of fused-ring (bicyclic) bond motifs is 1. The smallest absolute Gasteiger partial charge is 0.306 e. The molecule has 0 amide bonds. The first-order valence-corrected chi connectivity index (χ1v) is 11.0. The predicted molar refractivity (Wildman–Crippen MR) is 116 cm³/mol. The maximum atomic E-state index is 12.4. The van der Waals surface area contributed by atoms with E-state index in [1.54, 1.807) is 26.8 Å². The Morgan fingerprint density at radius 1 is 1.26 bits per heavy atom. The lowest BCUT2D eigenvalue weighted by atomic mass is 9.81. The van der Waals surface area contributed by atoms with E-state index in [9.17, 15) is 19.5 Å². The highest BCUT2D eigenvalue weighted by atomic mass is 32.2.